The fourth-order valence-corrected chi connectivity index (χ4v) is 9.60. The third-order valence-corrected chi connectivity index (χ3v) is 13.6. The molecule has 13 N–H and O–H groups in total. The lowest BCUT2D eigenvalue weighted by Crippen LogP contribution is -2.71. The highest BCUT2D eigenvalue weighted by Gasteiger charge is 2.56. The molecule has 0 radical (unpaired) electrons. The van der Waals surface area contributed by atoms with Gasteiger partial charge in [0.25, 0.3) is 0 Å². The second-order valence-electron chi connectivity index (χ2n) is 19.4. The molecule has 0 spiro atoms. The van der Waals surface area contributed by atoms with Crippen molar-refractivity contribution in [3.05, 3.63) is 24.3 Å². The summed E-state index contributed by atoms with van der Waals surface area (Å²) in [5.74, 6) is -3.92. The Labute approximate surface area is 452 Å². The number of unbranched alkanes of at least 4 members (excludes halogenated alkanes) is 8. The van der Waals surface area contributed by atoms with Gasteiger partial charge in [-0.3, -0.25) is 28.5 Å². The molecule has 78 heavy (non-hydrogen) atoms. The van der Waals surface area contributed by atoms with Crippen LogP contribution in [0.5, 0.6) is 0 Å². The maximum atomic E-state index is 13.3. The molecule has 4 saturated heterocycles. The van der Waals surface area contributed by atoms with E-state index in [0.717, 1.165) is 59.8 Å². The number of ether oxygens (including phenoxy) is 8. The summed E-state index contributed by atoms with van der Waals surface area (Å²) in [6.45, 7) is 2.60. The first-order valence-electron chi connectivity index (χ1n) is 26.0. The van der Waals surface area contributed by atoms with Crippen molar-refractivity contribution in [1.29, 1.82) is 0 Å². The molecule has 20 atom stereocenters. The quantitative estimate of drug-likeness (QED) is 0.0112. The number of aliphatic hydroxyl groups excluding tert-OH is 8. The number of carbonyl (C=O) groups is 5. The molecule has 30 heteroatoms. The summed E-state index contributed by atoms with van der Waals surface area (Å²) in [6, 6.07) is -6.73. The van der Waals surface area contributed by atoms with Crippen LogP contribution >= 0.6 is 0 Å². The zero-order valence-corrected chi connectivity index (χ0v) is 45.0. The van der Waals surface area contributed by atoms with E-state index in [-0.39, 0.29) is 0 Å². The molecule has 11 unspecified atom stereocenters. The number of hydrogen-bond donors (Lipinski definition) is 13. The zero-order valence-electron chi connectivity index (χ0n) is 44.2. The first-order valence-corrected chi connectivity index (χ1v) is 27.3. The van der Waals surface area contributed by atoms with E-state index in [0.29, 0.717) is 6.42 Å². The Hall–Kier alpha value is -3.90. The number of amides is 4. The molecular formula is C48H80N4O25S. The molecule has 4 heterocycles. The molecule has 29 nitrogen and oxygen atoms in total. The lowest BCUT2D eigenvalue weighted by atomic mass is 9.93. The number of rotatable bonds is 29. The Morgan fingerprint density at radius 3 is 1.38 bits per heavy atom. The molecule has 4 rings (SSSR count). The predicted octanol–water partition coefficient (Wildman–Crippen LogP) is -3.76. The molecule has 4 amide bonds. The fourth-order valence-electron chi connectivity index (χ4n) is 9.29. The highest BCUT2D eigenvalue weighted by atomic mass is 32.3. The lowest BCUT2D eigenvalue weighted by molar-refractivity contribution is -0.361. The molecule has 0 aromatic carbocycles. The van der Waals surface area contributed by atoms with E-state index >= 15 is 0 Å². The van der Waals surface area contributed by atoms with Crippen molar-refractivity contribution < 1.29 is 120 Å². The van der Waals surface area contributed by atoms with E-state index in [4.69, 9.17) is 37.9 Å². The zero-order chi connectivity index (χ0) is 57.9. The van der Waals surface area contributed by atoms with Crippen LogP contribution in [0.3, 0.4) is 0 Å². The smallest absolute Gasteiger partial charge is 0.397 e. The average molecular weight is 1150 g/mol. The summed E-state index contributed by atoms with van der Waals surface area (Å²) in [4.78, 5) is 62.4. The third kappa shape index (κ3) is 20.3. The van der Waals surface area contributed by atoms with Crippen LogP contribution in [0.1, 0.15) is 98.8 Å². The number of hydrogen-bond acceptors (Lipinski definition) is 24. The first kappa shape index (κ1) is 66.6. The van der Waals surface area contributed by atoms with E-state index < -0.39 is 189 Å². The summed E-state index contributed by atoms with van der Waals surface area (Å²) in [5.41, 5.74) is 0. The Morgan fingerprint density at radius 1 is 0.513 bits per heavy atom. The van der Waals surface area contributed by atoms with Crippen LogP contribution in [-0.2, 0) is 76.4 Å². The summed E-state index contributed by atoms with van der Waals surface area (Å²) in [6.07, 6.45) is -12.2. The van der Waals surface area contributed by atoms with Gasteiger partial charge in [0.15, 0.2) is 25.2 Å². The molecule has 0 aromatic rings. The van der Waals surface area contributed by atoms with Crippen LogP contribution in [0, 0.1) is 0 Å². The van der Waals surface area contributed by atoms with Gasteiger partial charge in [-0.2, -0.15) is 8.42 Å². The monoisotopic (exact) mass is 1140 g/mol. The molecule has 0 saturated carbocycles. The van der Waals surface area contributed by atoms with Crippen molar-refractivity contribution in [3.63, 3.8) is 0 Å². The Morgan fingerprint density at radius 2 is 0.936 bits per heavy atom. The van der Waals surface area contributed by atoms with Gasteiger partial charge in [-0.05, 0) is 44.6 Å². The molecule has 0 aromatic heterocycles. The molecule has 4 fully saturated rings. The van der Waals surface area contributed by atoms with Gasteiger partial charge in [-0.1, -0.05) is 50.8 Å². The number of aliphatic hydroxyl groups is 8. The fraction of sp³-hybridized carbons (Fsp3) is 0.812. The Bertz CT molecular complexity index is 2070. The first-order chi connectivity index (χ1) is 36.9. The van der Waals surface area contributed by atoms with Crippen LogP contribution in [0.2, 0.25) is 0 Å². The second-order valence-corrected chi connectivity index (χ2v) is 20.5. The minimum Gasteiger partial charge on any atom is -0.463 e. The number of carbonyl (C=O) groups excluding carboxylic acids is 5. The van der Waals surface area contributed by atoms with E-state index in [1.54, 1.807) is 6.08 Å². The van der Waals surface area contributed by atoms with Crippen LogP contribution in [0.25, 0.3) is 0 Å². The van der Waals surface area contributed by atoms with Gasteiger partial charge < -0.3 is 100 Å². The van der Waals surface area contributed by atoms with E-state index in [9.17, 15) is 77.8 Å². The Balaban J connectivity index is 1.56. The summed E-state index contributed by atoms with van der Waals surface area (Å²) in [7, 11) is -5.16. The van der Waals surface area contributed by atoms with Crippen LogP contribution in [0.15, 0.2) is 24.3 Å². The molecule has 0 bridgehead atoms. The standard InChI is InChI=1S/C48H80N4O25S/c1-6-7-8-9-10-11-12-13-14-15-16-17-18-19-32(59)52-34-38(61)37(60)30(22-69-27(5)58)74-46(34)75-42-28(20-53)72-47(35(40(42)63)50-25(3)56)76-43-29(21-54)73-48(36(41(43)64)51-26(4)57)77-44-31(23-70-78(66,67)68)71-45(65)33(39(44)62)49-24(2)55/h11-12,18-19,28-31,33-48,53-54,60-65H,6-10,13-17,20-23H2,1-5H3,(H,49,55)(H,50,56)(H,51,57)(H,52,59)(H,66,67,68)/b12-11-,19-18+/t28?,29?,30?,31?,33?,34?,35?,36?,37-,38+,39?,40?,41+,42+,43-,44+,45?,46-,47+,48-/m0/s1. The average Bonchev–Trinajstić information content (AvgIpc) is 3.43. The molecule has 4 aliphatic heterocycles. The molecule has 4 aliphatic rings. The van der Waals surface area contributed by atoms with Crippen molar-refractivity contribution in [3.8, 4) is 0 Å². The van der Waals surface area contributed by atoms with Crippen molar-refractivity contribution in [2.45, 2.75) is 221 Å². The van der Waals surface area contributed by atoms with Crippen molar-refractivity contribution in [2.24, 2.45) is 0 Å². The largest absolute Gasteiger partial charge is 0.463 e. The number of nitrogens with one attached hydrogen (secondary N) is 4. The van der Waals surface area contributed by atoms with Crippen molar-refractivity contribution in [1.82, 2.24) is 21.3 Å². The topological polar surface area (TPSA) is 433 Å². The maximum Gasteiger partial charge on any atom is 0.397 e. The van der Waals surface area contributed by atoms with Crippen LogP contribution in [0.4, 0.5) is 0 Å². The maximum absolute atomic E-state index is 13.3. The number of allylic oxidation sites excluding steroid dienone is 3. The second kappa shape index (κ2) is 32.5. The van der Waals surface area contributed by atoms with Crippen molar-refractivity contribution >= 4 is 40.0 Å². The van der Waals surface area contributed by atoms with Crippen molar-refractivity contribution in [2.75, 3.05) is 26.4 Å². The van der Waals surface area contributed by atoms with Crippen LogP contribution in [-0.4, -0.2) is 232 Å². The van der Waals surface area contributed by atoms with Gasteiger partial charge in [0.1, 0.15) is 104 Å². The predicted molar refractivity (Wildman–Crippen MR) is 265 cm³/mol. The van der Waals surface area contributed by atoms with E-state index in [2.05, 4.69) is 44.5 Å². The number of esters is 1. The summed E-state index contributed by atoms with van der Waals surface area (Å²) < 4.78 is 83.2. The minimum absolute atomic E-state index is 0.541. The van der Waals surface area contributed by atoms with Gasteiger partial charge in [0.2, 0.25) is 23.6 Å². The highest BCUT2D eigenvalue weighted by molar-refractivity contribution is 7.80. The molecule has 448 valence electrons. The van der Waals surface area contributed by atoms with Gasteiger partial charge in [0.05, 0.1) is 19.8 Å². The van der Waals surface area contributed by atoms with E-state index in [1.165, 1.54) is 31.8 Å². The normalized spacial score (nSPS) is 35.5. The van der Waals surface area contributed by atoms with Gasteiger partial charge in [-0.25, -0.2) is 4.18 Å². The van der Waals surface area contributed by atoms with Crippen LogP contribution < -0.4 is 21.3 Å². The summed E-state index contributed by atoms with van der Waals surface area (Å²) >= 11 is 0. The third-order valence-electron chi connectivity index (χ3n) is 13.1. The van der Waals surface area contributed by atoms with E-state index in [1.807, 2.05) is 0 Å². The lowest BCUT2D eigenvalue weighted by Gasteiger charge is -2.51. The van der Waals surface area contributed by atoms with Gasteiger partial charge >= 0.3 is 16.4 Å². The molecular weight excluding hydrogens is 1060 g/mol. The van der Waals surface area contributed by atoms with Gasteiger partial charge in [0, 0.05) is 27.7 Å². The molecule has 0 aliphatic carbocycles. The highest BCUT2D eigenvalue weighted by Crippen LogP contribution is 2.35. The Kier molecular flexibility index (Phi) is 27.8. The minimum atomic E-state index is -5.16. The van der Waals surface area contributed by atoms with Gasteiger partial charge in [-0.15, -0.1) is 0 Å². The summed E-state index contributed by atoms with van der Waals surface area (Å²) in [5, 5.41) is 99.3. The SMILES string of the molecule is CCCCCC/C=C\CCCCC/C=C/C(=O)NC1[C@H](O[C@@H]2C(CO)O[C@H](O[C@H]3C(CO)O[C@@H](O[C@@H]4C(COS(=O)(=O)O)OC(O)C(NC(C)=O)C4O)C(NC(C)=O)[C@H]3O)C(NC(C)=O)C2O)OC(COC(C)=O)[C@H](O)[C@@H]1O.